The van der Waals surface area contributed by atoms with Crippen molar-refractivity contribution in [2.45, 2.75) is 52.7 Å². The number of nitrogens with two attached hydrogens (primary N) is 1. The summed E-state index contributed by atoms with van der Waals surface area (Å²) in [6, 6.07) is 0.484. The number of hydrogen-bond acceptors (Lipinski definition) is 4. The average molecular weight is 265 g/mol. The van der Waals surface area contributed by atoms with Crippen LogP contribution in [0.15, 0.2) is 6.33 Å². The van der Waals surface area contributed by atoms with Gasteiger partial charge in [-0.25, -0.2) is 9.67 Å². The summed E-state index contributed by atoms with van der Waals surface area (Å²) in [5, 5.41) is 4.34. The van der Waals surface area contributed by atoms with Gasteiger partial charge in [0, 0.05) is 19.1 Å². The van der Waals surface area contributed by atoms with Crippen molar-refractivity contribution in [1.82, 2.24) is 19.7 Å². The molecule has 0 saturated carbocycles. The van der Waals surface area contributed by atoms with E-state index in [1.807, 2.05) is 4.68 Å². The standard InChI is InChI=1S/C14H27N5/c1-11(2)8-19-14(16-10-17-19)9-18-6-4-5-12(3)13(18)7-15/h10-13H,4-9,15H2,1-3H3. The van der Waals surface area contributed by atoms with Gasteiger partial charge in [0.25, 0.3) is 0 Å². The molecule has 2 rings (SSSR count). The van der Waals surface area contributed by atoms with E-state index in [0.29, 0.717) is 17.9 Å². The minimum atomic E-state index is 0.484. The first-order chi connectivity index (χ1) is 9.11. The Morgan fingerprint density at radius 3 is 2.95 bits per heavy atom. The minimum Gasteiger partial charge on any atom is -0.329 e. The van der Waals surface area contributed by atoms with Crippen LogP contribution < -0.4 is 5.73 Å². The first-order valence-corrected chi connectivity index (χ1v) is 7.42. The number of likely N-dealkylation sites (tertiary alicyclic amines) is 1. The third kappa shape index (κ3) is 3.54. The number of nitrogens with zero attached hydrogens (tertiary/aromatic N) is 4. The van der Waals surface area contributed by atoms with Crippen LogP contribution in [0.5, 0.6) is 0 Å². The molecule has 1 fully saturated rings. The molecule has 1 aliphatic heterocycles. The molecule has 0 aliphatic carbocycles. The Morgan fingerprint density at radius 2 is 2.26 bits per heavy atom. The molecule has 0 amide bonds. The lowest BCUT2D eigenvalue weighted by Gasteiger charge is -2.39. The van der Waals surface area contributed by atoms with Crippen LogP contribution in [0, 0.1) is 11.8 Å². The van der Waals surface area contributed by atoms with E-state index in [-0.39, 0.29) is 0 Å². The predicted octanol–water partition coefficient (Wildman–Crippen LogP) is 1.49. The maximum absolute atomic E-state index is 5.95. The smallest absolute Gasteiger partial charge is 0.141 e. The summed E-state index contributed by atoms with van der Waals surface area (Å²) in [6.07, 6.45) is 4.22. The lowest BCUT2D eigenvalue weighted by Crippen LogP contribution is -2.48. The van der Waals surface area contributed by atoms with Crippen molar-refractivity contribution in [2.75, 3.05) is 13.1 Å². The summed E-state index contributed by atoms with van der Waals surface area (Å²) in [5.41, 5.74) is 5.95. The summed E-state index contributed by atoms with van der Waals surface area (Å²) < 4.78 is 2.04. The topological polar surface area (TPSA) is 60.0 Å². The highest BCUT2D eigenvalue weighted by Crippen LogP contribution is 2.23. The summed E-state index contributed by atoms with van der Waals surface area (Å²) in [7, 11) is 0. The molecule has 1 aliphatic rings. The summed E-state index contributed by atoms with van der Waals surface area (Å²) in [4.78, 5) is 6.91. The second-order valence-electron chi connectivity index (χ2n) is 6.15. The van der Waals surface area contributed by atoms with Crippen molar-refractivity contribution < 1.29 is 0 Å². The van der Waals surface area contributed by atoms with Gasteiger partial charge in [-0.2, -0.15) is 5.10 Å². The van der Waals surface area contributed by atoms with Crippen LogP contribution in [0.4, 0.5) is 0 Å². The van der Waals surface area contributed by atoms with Crippen molar-refractivity contribution >= 4 is 0 Å². The van der Waals surface area contributed by atoms with Crippen LogP contribution in [0.1, 0.15) is 39.4 Å². The highest BCUT2D eigenvalue weighted by atomic mass is 15.4. The van der Waals surface area contributed by atoms with E-state index in [2.05, 4.69) is 35.8 Å². The van der Waals surface area contributed by atoms with Crippen molar-refractivity contribution in [3.63, 3.8) is 0 Å². The summed E-state index contributed by atoms with van der Waals surface area (Å²) in [6.45, 7) is 10.4. The van der Waals surface area contributed by atoms with Gasteiger partial charge in [-0.3, -0.25) is 4.90 Å². The molecule has 19 heavy (non-hydrogen) atoms. The van der Waals surface area contributed by atoms with Gasteiger partial charge in [0.15, 0.2) is 0 Å². The maximum atomic E-state index is 5.95. The number of piperidine rings is 1. The monoisotopic (exact) mass is 265 g/mol. The Bertz CT molecular complexity index is 387. The normalized spacial score (nSPS) is 25.1. The molecule has 1 aromatic heterocycles. The molecule has 1 aromatic rings. The van der Waals surface area contributed by atoms with Gasteiger partial charge in [-0.1, -0.05) is 20.8 Å². The molecule has 0 radical (unpaired) electrons. The number of aromatic nitrogens is 3. The molecule has 2 unspecified atom stereocenters. The van der Waals surface area contributed by atoms with Crippen LogP contribution in [0.25, 0.3) is 0 Å². The van der Waals surface area contributed by atoms with Crippen molar-refractivity contribution in [1.29, 1.82) is 0 Å². The molecule has 2 atom stereocenters. The van der Waals surface area contributed by atoms with E-state index in [1.165, 1.54) is 12.8 Å². The van der Waals surface area contributed by atoms with Gasteiger partial charge < -0.3 is 5.73 Å². The zero-order valence-corrected chi connectivity index (χ0v) is 12.4. The molecule has 5 nitrogen and oxygen atoms in total. The molecular formula is C14H27N5. The third-order valence-corrected chi connectivity index (χ3v) is 4.05. The molecule has 0 bridgehead atoms. The van der Waals surface area contributed by atoms with E-state index in [4.69, 9.17) is 5.73 Å². The van der Waals surface area contributed by atoms with Crippen LogP contribution >= 0.6 is 0 Å². The quantitative estimate of drug-likeness (QED) is 0.876. The minimum absolute atomic E-state index is 0.484. The van der Waals surface area contributed by atoms with Gasteiger partial charge in [0.1, 0.15) is 12.2 Å². The molecule has 2 heterocycles. The Kier molecular flexibility index (Phi) is 4.93. The highest BCUT2D eigenvalue weighted by Gasteiger charge is 2.28. The molecule has 2 N–H and O–H groups in total. The van der Waals surface area contributed by atoms with Crippen LogP contribution in [-0.4, -0.2) is 38.8 Å². The molecular weight excluding hydrogens is 238 g/mol. The van der Waals surface area contributed by atoms with Gasteiger partial charge in [0.2, 0.25) is 0 Å². The van der Waals surface area contributed by atoms with E-state index >= 15 is 0 Å². The second-order valence-corrected chi connectivity index (χ2v) is 6.15. The second kappa shape index (κ2) is 6.48. The lowest BCUT2D eigenvalue weighted by molar-refractivity contribution is 0.0944. The molecule has 1 saturated heterocycles. The van der Waals surface area contributed by atoms with Gasteiger partial charge in [-0.05, 0) is 31.2 Å². The fourth-order valence-corrected chi connectivity index (χ4v) is 3.00. The van der Waals surface area contributed by atoms with Gasteiger partial charge in [-0.15, -0.1) is 0 Å². The Hall–Kier alpha value is -0.940. The predicted molar refractivity (Wildman–Crippen MR) is 76.5 cm³/mol. The Labute approximate surface area is 116 Å². The summed E-state index contributed by atoms with van der Waals surface area (Å²) >= 11 is 0. The zero-order valence-electron chi connectivity index (χ0n) is 12.4. The molecule has 0 spiro atoms. The number of hydrogen-bond donors (Lipinski definition) is 1. The summed E-state index contributed by atoms with van der Waals surface area (Å²) in [5.74, 6) is 2.34. The van der Waals surface area contributed by atoms with Crippen molar-refractivity contribution in [2.24, 2.45) is 17.6 Å². The highest BCUT2D eigenvalue weighted by molar-refractivity contribution is 4.90. The van der Waals surface area contributed by atoms with E-state index < -0.39 is 0 Å². The Balaban J connectivity index is 2.05. The van der Waals surface area contributed by atoms with Crippen molar-refractivity contribution in [3.8, 4) is 0 Å². The van der Waals surface area contributed by atoms with Crippen LogP contribution in [0.3, 0.4) is 0 Å². The number of rotatable bonds is 5. The van der Waals surface area contributed by atoms with E-state index in [9.17, 15) is 0 Å². The fraction of sp³-hybridized carbons (Fsp3) is 0.857. The van der Waals surface area contributed by atoms with Crippen LogP contribution in [0.2, 0.25) is 0 Å². The van der Waals surface area contributed by atoms with Crippen LogP contribution in [-0.2, 0) is 13.1 Å². The largest absolute Gasteiger partial charge is 0.329 e. The van der Waals surface area contributed by atoms with E-state index in [0.717, 1.165) is 32.0 Å². The first kappa shape index (κ1) is 14.5. The first-order valence-electron chi connectivity index (χ1n) is 7.42. The lowest BCUT2D eigenvalue weighted by atomic mass is 9.91. The molecule has 0 aromatic carbocycles. The Morgan fingerprint density at radius 1 is 1.47 bits per heavy atom. The third-order valence-electron chi connectivity index (χ3n) is 4.05. The van der Waals surface area contributed by atoms with Crippen molar-refractivity contribution in [3.05, 3.63) is 12.2 Å². The van der Waals surface area contributed by atoms with Gasteiger partial charge >= 0.3 is 0 Å². The fourth-order valence-electron chi connectivity index (χ4n) is 3.00. The van der Waals surface area contributed by atoms with Gasteiger partial charge in [0.05, 0.1) is 6.54 Å². The zero-order chi connectivity index (χ0) is 13.8. The average Bonchev–Trinajstić information content (AvgIpc) is 2.76. The molecule has 5 heteroatoms. The van der Waals surface area contributed by atoms with E-state index in [1.54, 1.807) is 6.33 Å². The SMILES string of the molecule is CC(C)Cn1ncnc1CN1CCCC(C)C1CN. The molecule has 108 valence electrons. The maximum Gasteiger partial charge on any atom is 0.141 e.